The van der Waals surface area contributed by atoms with Gasteiger partial charge in [-0.3, -0.25) is 9.69 Å². The maximum Gasteiger partial charge on any atom is 0.260 e. The Balaban J connectivity index is 1.86. The Morgan fingerprint density at radius 3 is 2.42 bits per heavy atom. The predicted octanol–water partition coefficient (Wildman–Crippen LogP) is 4.21. The minimum absolute atomic E-state index is 0.0769. The number of anilines is 1. The molecule has 120 valence electrons. The number of amides is 1. The van der Waals surface area contributed by atoms with Gasteiger partial charge in [0, 0.05) is 12.6 Å². The Labute approximate surface area is 143 Å². The first-order chi connectivity index (χ1) is 11.6. The highest BCUT2D eigenvalue weighted by Crippen LogP contribution is 2.23. The van der Waals surface area contributed by atoms with E-state index in [1.165, 1.54) is 30.1 Å². The maximum absolute atomic E-state index is 13.5. The van der Waals surface area contributed by atoms with E-state index < -0.39 is 11.7 Å². The average Bonchev–Trinajstić information content (AvgIpc) is 2.64. The van der Waals surface area contributed by atoms with Crippen LogP contribution in [-0.4, -0.2) is 23.2 Å². The molecule has 0 saturated heterocycles. The van der Waals surface area contributed by atoms with Crippen molar-refractivity contribution in [3.63, 3.8) is 0 Å². The molecule has 24 heavy (non-hydrogen) atoms. The molecular formula is C18H13ClFN3O. The number of hydrogen-bond donors (Lipinski definition) is 0. The van der Waals surface area contributed by atoms with E-state index in [1.54, 1.807) is 12.1 Å². The average molecular weight is 342 g/mol. The second-order valence-corrected chi connectivity index (χ2v) is 5.49. The largest absolute Gasteiger partial charge is 0.294 e. The third kappa shape index (κ3) is 3.12. The summed E-state index contributed by atoms with van der Waals surface area (Å²) in [5.74, 6) is -0.748. The quantitative estimate of drug-likeness (QED) is 0.716. The highest BCUT2D eigenvalue weighted by atomic mass is 35.5. The van der Waals surface area contributed by atoms with Crippen molar-refractivity contribution in [2.75, 3.05) is 11.9 Å². The van der Waals surface area contributed by atoms with E-state index in [4.69, 9.17) is 11.6 Å². The van der Waals surface area contributed by atoms with Crippen LogP contribution in [0.2, 0.25) is 5.02 Å². The van der Waals surface area contributed by atoms with Crippen molar-refractivity contribution in [3.8, 4) is 11.3 Å². The van der Waals surface area contributed by atoms with E-state index in [-0.39, 0.29) is 10.6 Å². The number of carbonyl (C=O) groups is 1. The summed E-state index contributed by atoms with van der Waals surface area (Å²) in [6, 6.07) is 17.1. The Morgan fingerprint density at radius 1 is 1.00 bits per heavy atom. The number of halogens is 2. The number of benzene rings is 2. The standard InChI is InChI=1S/C18H13ClFN3O/c1-23(18(24)13-8-5-9-14(20)17(13)19)16-11-10-15(21-22-16)12-6-3-2-4-7-12/h2-11H,1H3. The van der Waals surface area contributed by atoms with Crippen LogP contribution in [0.1, 0.15) is 10.4 Å². The summed E-state index contributed by atoms with van der Waals surface area (Å²) < 4.78 is 13.5. The van der Waals surface area contributed by atoms with Gasteiger partial charge in [-0.1, -0.05) is 48.0 Å². The molecule has 0 aliphatic heterocycles. The highest BCUT2D eigenvalue weighted by molar-refractivity contribution is 6.34. The number of hydrogen-bond acceptors (Lipinski definition) is 3. The Bertz CT molecular complexity index is 869. The van der Waals surface area contributed by atoms with E-state index in [1.807, 2.05) is 30.3 Å². The maximum atomic E-state index is 13.5. The molecule has 0 atom stereocenters. The van der Waals surface area contributed by atoms with Crippen molar-refractivity contribution in [2.45, 2.75) is 0 Å². The van der Waals surface area contributed by atoms with E-state index in [0.29, 0.717) is 11.5 Å². The van der Waals surface area contributed by atoms with Gasteiger partial charge in [0.05, 0.1) is 16.3 Å². The smallest absolute Gasteiger partial charge is 0.260 e. The van der Waals surface area contributed by atoms with Gasteiger partial charge >= 0.3 is 0 Å². The molecule has 0 fully saturated rings. The van der Waals surface area contributed by atoms with E-state index in [2.05, 4.69) is 10.2 Å². The number of aromatic nitrogens is 2. The molecule has 0 aliphatic rings. The third-order valence-electron chi connectivity index (χ3n) is 3.55. The van der Waals surface area contributed by atoms with Crippen LogP contribution in [-0.2, 0) is 0 Å². The van der Waals surface area contributed by atoms with E-state index in [9.17, 15) is 9.18 Å². The number of nitrogens with zero attached hydrogens (tertiary/aromatic N) is 3. The van der Waals surface area contributed by atoms with Crippen molar-refractivity contribution in [2.24, 2.45) is 0 Å². The van der Waals surface area contributed by atoms with Gasteiger partial charge in [-0.2, -0.15) is 0 Å². The third-order valence-corrected chi connectivity index (χ3v) is 3.93. The fourth-order valence-corrected chi connectivity index (χ4v) is 2.43. The Morgan fingerprint density at radius 2 is 1.75 bits per heavy atom. The van der Waals surface area contributed by atoms with E-state index in [0.717, 1.165) is 5.56 Å². The van der Waals surface area contributed by atoms with Gasteiger partial charge in [-0.25, -0.2) is 4.39 Å². The molecule has 0 saturated carbocycles. The Kier molecular flexibility index (Phi) is 4.53. The van der Waals surface area contributed by atoms with Gasteiger partial charge in [0.15, 0.2) is 5.82 Å². The van der Waals surface area contributed by atoms with Gasteiger partial charge < -0.3 is 0 Å². The summed E-state index contributed by atoms with van der Waals surface area (Å²) in [6.45, 7) is 0. The van der Waals surface area contributed by atoms with Crippen LogP contribution < -0.4 is 4.90 Å². The molecule has 0 unspecified atom stereocenters. The molecule has 3 rings (SSSR count). The molecular weight excluding hydrogens is 329 g/mol. The van der Waals surface area contributed by atoms with E-state index >= 15 is 0 Å². The van der Waals surface area contributed by atoms with Crippen molar-refractivity contribution in [1.82, 2.24) is 10.2 Å². The molecule has 1 amide bonds. The van der Waals surface area contributed by atoms with Crippen LogP contribution in [0.3, 0.4) is 0 Å². The first-order valence-electron chi connectivity index (χ1n) is 7.19. The van der Waals surface area contributed by atoms with Crippen LogP contribution >= 0.6 is 11.6 Å². The molecule has 6 heteroatoms. The first kappa shape index (κ1) is 16.1. The number of carbonyl (C=O) groups excluding carboxylic acids is 1. The van der Waals surface area contributed by atoms with Gasteiger partial charge in [0.1, 0.15) is 5.82 Å². The summed E-state index contributed by atoms with van der Waals surface area (Å²) in [4.78, 5) is 13.8. The lowest BCUT2D eigenvalue weighted by Crippen LogP contribution is -2.27. The summed E-state index contributed by atoms with van der Waals surface area (Å²) in [5, 5.41) is 8.00. The fraction of sp³-hybridized carbons (Fsp3) is 0.0556. The molecule has 1 aromatic heterocycles. The molecule has 0 N–H and O–H groups in total. The summed E-state index contributed by atoms with van der Waals surface area (Å²) >= 11 is 5.87. The lowest BCUT2D eigenvalue weighted by Gasteiger charge is -2.16. The number of rotatable bonds is 3. The molecule has 1 heterocycles. The minimum Gasteiger partial charge on any atom is -0.294 e. The predicted molar refractivity (Wildman–Crippen MR) is 91.6 cm³/mol. The Hall–Kier alpha value is -2.79. The second kappa shape index (κ2) is 6.76. The molecule has 0 radical (unpaired) electrons. The van der Waals surface area contributed by atoms with Crippen LogP contribution in [0.25, 0.3) is 11.3 Å². The molecule has 3 aromatic rings. The van der Waals surface area contributed by atoms with Gasteiger partial charge in [0.25, 0.3) is 5.91 Å². The normalized spacial score (nSPS) is 10.5. The zero-order chi connectivity index (χ0) is 17.1. The summed E-state index contributed by atoms with van der Waals surface area (Å²) in [6.07, 6.45) is 0. The van der Waals surface area contributed by atoms with Crippen LogP contribution in [0.5, 0.6) is 0 Å². The fourth-order valence-electron chi connectivity index (χ4n) is 2.22. The summed E-state index contributed by atoms with van der Waals surface area (Å²) in [5.41, 5.74) is 1.70. The molecule has 0 spiro atoms. The lowest BCUT2D eigenvalue weighted by molar-refractivity contribution is 0.0992. The minimum atomic E-state index is -0.638. The van der Waals surface area contributed by atoms with Crippen LogP contribution in [0.15, 0.2) is 60.7 Å². The monoisotopic (exact) mass is 341 g/mol. The first-order valence-corrected chi connectivity index (χ1v) is 7.57. The van der Waals surface area contributed by atoms with Gasteiger partial charge in [-0.05, 0) is 24.3 Å². The summed E-state index contributed by atoms with van der Waals surface area (Å²) in [7, 11) is 1.54. The molecule has 0 aliphatic carbocycles. The van der Waals surface area contributed by atoms with Gasteiger partial charge in [0.2, 0.25) is 0 Å². The SMILES string of the molecule is CN(C(=O)c1cccc(F)c1Cl)c1ccc(-c2ccccc2)nn1. The van der Waals surface area contributed by atoms with Gasteiger partial charge in [-0.15, -0.1) is 10.2 Å². The van der Waals surface area contributed by atoms with Crippen LogP contribution in [0.4, 0.5) is 10.2 Å². The van der Waals surface area contributed by atoms with Crippen LogP contribution in [0, 0.1) is 5.82 Å². The second-order valence-electron chi connectivity index (χ2n) is 5.11. The van der Waals surface area contributed by atoms with Crippen molar-refractivity contribution >= 4 is 23.3 Å². The topological polar surface area (TPSA) is 46.1 Å². The van der Waals surface area contributed by atoms with Crippen molar-refractivity contribution < 1.29 is 9.18 Å². The van der Waals surface area contributed by atoms with Crippen molar-refractivity contribution in [3.05, 3.63) is 77.1 Å². The molecule has 0 bridgehead atoms. The zero-order valence-electron chi connectivity index (χ0n) is 12.8. The zero-order valence-corrected chi connectivity index (χ0v) is 13.5. The highest BCUT2D eigenvalue weighted by Gasteiger charge is 2.19. The molecule has 2 aromatic carbocycles. The molecule has 4 nitrogen and oxygen atoms in total. The van der Waals surface area contributed by atoms with Crippen molar-refractivity contribution in [1.29, 1.82) is 0 Å². The lowest BCUT2D eigenvalue weighted by atomic mass is 10.1.